The van der Waals surface area contributed by atoms with Crippen LogP contribution in [0, 0.1) is 5.82 Å². The summed E-state index contributed by atoms with van der Waals surface area (Å²) < 4.78 is 23.8. The minimum Gasteiger partial charge on any atom is -0.497 e. The molecule has 6 heteroatoms. The zero-order valence-corrected chi connectivity index (χ0v) is 15.3. The van der Waals surface area contributed by atoms with Crippen molar-refractivity contribution in [2.75, 3.05) is 33.4 Å². The number of rotatable bonds is 6. The first-order chi connectivity index (χ1) is 13.2. The smallest absolute Gasteiger partial charge is 0.317 e. The molecule has 0 atom stereocenters. The van der Waals surface area contributed by atoms with E-state index < -0.39 is 0 Å². The molecule has 0 fully saturated rings. The summed E-state index contributed by atoms with van der Waals surface area (Å²) in [6.45, 7) is 1.96. The molecule has 0 aromatic heterocycles. The van der Waals surface area contributed by atoms with Gasteiger partial charge in [-0.15, -0.1) is 0 Å². The van der Waals surface area contributed by atoms with E-state index in [9.17, 15) is 9.18 Å². The molecule has 0 bridgehead atoms. The normalized spacial score (nSPS) is 13.7. The number of urea groups is 1. The lowest BCUT2D eigenvalue weighted by atomic mass is 10.00. The van der Waals surface area contributed by atoms with Crippen LogP contribution in [0.3, 0.4) is 0 Å². The molecular weight excluding hydrogens is 347 g/mol. The predicted molar refractivity (Wildman–Crippen MR) is 102 cm³/mol. The van der Waals surface area contributed by atoms with Crippen LogP contribution in [-0.4, -0.2) is 44.3 Å². The Balaban J connectivity index is 1.42. The first-order valence-electron chi connectivity index (χ1n) is 8.90. The van der Waals surface area contributed by atoms with Crippen molar-refractivity contribution in [2.24, 2.45) is 0 Å². The second kappa shape index (κ2) is 9.07. The van der Waals surface area contributed by atoms with Gasteiger partial charge in [0.15, 0.2) is 0 Å². The number of hydrogen-bond donors (Lipinski definition) is 1. The zero-order chi connectivity index (χ0) is 19.1. The van der Waals surface area contributed by atoms with Gasteiger partial charge in [0.2, 0.25) is 0 Å². The second-order valence-electron chi connectivity index (χ2n) is 6.19. The Morgan fingerprint density at radius 1 is 1.19 bits per heavy atom. The molecule has 1 aliphatic heterocycles. The third-order valence-electron chi connectivity index (χ3n) is 4.40. The maximum atomic E-state index is 13.0. The van der Waals surface area contributed by atoms with Gasteiger partial charge in [0.05, 0.1) is 13.7 Å². The number of halogens is 1. The summed E-state index contributed by atoms with van der Waals surface area (Å²) in [4.78, 5) is 14.0. The number of methoxy groups -OCH3 is 1. The molecule has 0 radical (unpaired) electrons. The highest BCUT2D eigenvalue weighted by atomic mass is 19.1. The Morgan fingerprint density at radius 3 is 2.67 bits per heavy atom. The number of nitrogens with one attached hydrogen (secondary N) is 1. The molecule has 5 nitrogen and oxygen atoms in total. The van der Waals surface area contributed by atoms with Gasteiger partial charge in [0, 0.05) is 19.2 Å². The summed E-state index contributed by atoms with van der Waals surface area (Å²) in [6, 6.07) is 13.7. The fraction of sp³-hybridized carbons (Fsp3) is 0.286. The van der Waals surface area contributed by atoms with Crippen molar-refractivity contribution < 1.29 is 18.7 Å². The van der Waals surface area contributed by atoms with Crippen molar-refractivity contribution in [3.8, 4) is 11.5 Å². The van der Waals surface area contributed by atoms with Crippen LogP contribution in [0.1, 0.15) is 12.0 Å². The maximum absolute atomic E-state index is 13.0. The van der Waals surface area contributed by atoms with Crippen molar-refractivity contribution in [2.45, 2.75) is 6.42 Å². The van der Waals surface area contributed by atoms with Gasteiger partial charge in [0.25, 0.3) is 0 Å². The lowest BCUT2D eigenvalue weighted by molar-refractivity contribution is 0.199. The van der Waals surface area contributed by atoms with E-state index in [0.717, 1.165) is 23.3 Å². The van der Waals surface area contributed by atoms with E-state index in [4.69, 9.17) is 9.47 Å². The van der Waals surface area contributed by atoms with Crippen LogP contribution in [0.2, 0.25) is 0 Å². The third-order valence-corrected chi connectivity index (χ3v) is 4.40. The average molecular weight is 370 g/mol. The monoisotopic (exact) mass is 370 g/mol. The third kappa shape index (κ3) is 5.23. The van der Waals surface area contributed by atoms with Gasteiger partial charge in [-0.3, -0.25) is 0 Å². The molecule has 142 valence electrons. The van der Waals surface area contributed by atoms with Crippen LogP contribution in [0.15, 0.2) is 54.6 Å². The second-order valence-corrected chi connectivity index (χ2v) is 6.19. The Labute approximate surface area is 158 Å². The van der Waals surface area contributed by atoms with Crippen LogP contribution in [0.5, 0.6) is 11.5 Å². The molecule has 0 aliphatic carbocycles. The Hall–Kier alpha value is -3.02. The van der Waals surface area contributed by atoms with Crippen molar-refractivity contribution in [3.63, 3.8) is 0 Å². The molecule has 3 rings (SSSR count). The summed E-state index contributed by atoms with van der Waals surface area (Å²) in [5.74, 6) is 1.19. The molecule has 0 spiro atoms. The average Bonchev–Trinajstić information content (AvgIpc) is 2.72. The van der Waals surface area contributed by atoms with E-state index in [1.54, 1.807) is 30.2 Å². The molecule has 1 N–H and O–H groups in total. The van der Waals surface area contributed by atoms with Crippen molar-refractivity contribution in [1.29, 1.82) is 0 Å². The molecule has 2 amide bonds. The number of benzene rings is 2. The fourth-order valence-corrected chi connectivity index (χ4v) is 2.91. The molecule has 0 saturated heterocycles. The number of nitrogens with zero attached hydrogens (tertiary/aromatic N) is 1. The number of carbonyl (C=O) groups excluding carboxylic acids is 1. The Kier molecular flexibility index (Phi) is 6.30. The molecule has 27 heavy (non-hydrogen) atoms. The highest BCUT2D eigenvalue weighted by Gasteiger charge is 2.17. The molecule has 2 aromatic rings. The van der Waals surface area contributed by atoms with Gasteiger partial charge < -0.3 is 19.7 Å². The van der Waals surface area contributed by atoms with Crippen LogP contribution in [-0.2, 0) is 0 Å². The number of ether oxygens (including phenoxy) is 2. The summed E-state index contributed by atoms with van der Waals surface area (Å²) >= 11 is 0. The highest BCUT2D eigenvalue weighted by Crippen LogP contribution is 2.22. The molecule has 1 aliphatic rings. The molecular formula is C21H23FN2O3. The topological polar surface area (TPSA) is 50.8 Å². The predicted octanol–water partition coefficient (Wildman–Crippen LogP) is 3.71. The number of hydrogen-bond acceptors (Lipinski definition) is 3. The molecule has 0 saturated carbocycles. The first kappa shape index (κ1) is 18.8. The summed E-state index contributed by atoms with van der Waals surface area (Å²) in [7, 11) is 1.61. The quantitative estimate of drug-likeness (QED) is 0.789. The minimum atomic E-state index is -0.243. The van der Waals surface area contributed by atoms with Crippen LogP contribution in [0.4, 0.5) is 9.18 Å². The Morgan fingerprint density at radius 2 is 1.96 bits per heavy atom. The van der Waals surface area contributed by atoms with Crippen molar-refractivity contribution in [1.82, 2.24) is 10.2 Å². The van der Waals surface area contributed by atoms with Crippen LogP contribution >= 0.6 is 0 Å². The van der Waals surface area contributed by atoms with E-state index in [1.807, 2.05) is 24.3 Å². The van der Waals surface area contributed by atoms with E-state index in [1.165, 1.54) is 12.1 Å². The zero-order valence-electron chi connectivity index (χ0n) is 15.3. The van der Waals surface area contributed by atoms with Crippen LogP contribution < -0.4 is 14.8 Å². The van der Waals surface area contributed by atoms with E-state index in [-0.39, 0.29) is 11.8 Å². The van der Waals surface area contributed by atoms with Gasteiger partial charge in [-0.25, -0.2) is 9.18 Å². The van der Waals surface area contributed by atoms with Crippen molar-refractivity contribution in [3.05, 3.63) is 66.0 Å². The summed E-state index contributed by atoms with van der Waals surface area (Å²) in [5, 5.41) is 2.87. The number of amides is 2. The van der Waals surface area contributed by atoms with Gasteiger partial charge in [-0.2, -0.15) is 0 Å². The molecule has 1 heterocycles. The SMILES string of the molecule is COc1cccc(OCCNC(=O)N2CC=C(c3ccc(F)cc3)CC2)c1. The van der Waals surface area contributed by atoms with Gasteiger partial charge in [0.1, 0.15) is 23.9 Å². The van der Waals surface area contributed by atoms with Crippen LogP contribution in [0.25, 0.3) is 5.57 Å². The summed E-state index contributed by atoms with van der Waals surface area (Å²) in [5.41, 5.74) is 2.14. The molecule has 2 aromatic carbocycles. The standard InChI is InChI=1S/C21H23FN2O3/c1-26-19-3-2-4-20(15-19)27-14-11-23-21(25)24-12-9-17(10-13-24)16-5-7-18(22)8-6-16/h2-9,15H,10-14H2,1H3,(H,23,25). The lowest BCUT2D eigenvalue weighted by Crippen LogP contribution is -2.43. The van der Waals surface area contributed by atoms with E-state index in [2.05, 4.69) is 5.32 Å². The lowest BCUT2D eigenvalue weighted by Gasteiger charge is -2.27. The summed E-state index contributed by atoms with van der Waals surface area (Å²) in [6.07, 6.45) is 2.77. The van der Waals surface area contributed by atoms with E-state index in [0.29, 0.717) is 32.0 Å². The first-order valence-corrected chi connectivity index (χ1v) is 8.90. The van der Waals surface area contributed by atoms with Gasteiger partial charge in [-0.05, 0) is 41.8 Å². The maximum Gasteiger partial charge on any atom is 0.317 e. The Bertz CT molecular complexity index is 805. The minimum absolute atomic E-state index is 0.112. The van der Waals surface area contributed by atoms with E-state index >= 15 is 0 Å². The number of carbonyl (C=O) groups is 1. The van der Waals surface area contributed by atoms with Crippen molar-refractivity contribution >= 4 is 11.6 Å². The molecule has 0 unspecified atom stereocenters. The van der Waals surface area contributed by atoms with Gasteiger partial charge >= 0.3 is 6.03 Å². The van der Waals surface area contributed by atoms with Gasteiger partial charge in [-0.1, -0.05) is 24.3 Å². The fourth-order valence-electron chi connectivity index (χ4n) is 2.91. The highest BCUT2D eigenvalue weighted by molar-refractivity contribution is 5.76. The largest absolute Gasteiger partial charge is 0.497 e.